The topological polar surface area (TPSA) is 26.3 Å². The number of esters is 1. The van der Waals surface area contributed by atoms with E-state index in [0.29, 0.717) is 12.5 Å². The molecule has 0 fully saturated rings. The van der Waals surface area contributed by atoms with Gasteiger partial charge in [0.15, 0.2) is 0 Å². The van der Waals surface area contributed by atoms with Crippen LogP contribution < -0.4 is 0 Å². The number of carbonyl (C=O) groups excluding carboxylic acids is 1. The first-order chi connectivity index (χ1) is 15.0. The van der Waals surface area contributed by atoms with Gasteiger partial charge in [0.2, 0.25) is 0 Å². The van der Waals surface area contributed by atoms with E-state index in [1.807, 2.05) is 6.92 Å². The fourth-order valence-electron chi connectivity index (χ4n) is 4.14. The van der Waals surface area contributed by atoms with E-state index >= 15 is 0 Å². The van der Waals surface area contributed by atoms with Crippen LogP contribution >= 0.6 is 0 Å². The summed E-state index contributed by atoms with van der Waals surface area (Å²) >= 11 is 0. The summed E-state index contributed by atoms with van der Waals surface area (Å²) in [6.45, 7) is 9.25. The minimum absolute atomic E-state index is 0.0914. The van der Waals surface area contributed by atoms with E-state index in [0.717, 1.165) is 18.4 Å². The first-order valence-electron chi connectivity index (χ1n) is 13.3. The van der Waals surface area contributed by atoms with Gasteiger partial charge in [-0.25, -0.2) is 0 Å². The van der Waals surface area contributed by atoms with Gasteiger partial charge >= 0.3 is 5.97 Å². The molecule has 0 heterocycles. The molecule has 1 aromatic carbocycles. The normalized spacial score (nSPS) is 12.3. The molecule has 178 valence electrons. The Labute approximate surface area is 193 Å². The zero-order chi connectivity index (χ0) is 22.7. The largest absolute Gasteiger partial charge is 0.465 e. The maximum Gasteiger partial charge on any atom is 0.313 e. The summed E-state index contributed by atoms with van der Waals surface area (Å²) in [7, 11) is 0. The van der Waals surface area contributed by atoms with Crippen molar-refractivity contribution >= 4 is 5.97 Å². The Kier molecular flexibility index (Phi) is 16.3. The number of rotatable bonds is 19. The SMILES string of the molecule is CCCCCCCCCCCCCCCCOC(=O)C(C)c1ccc(CC(C)C)cc1. The molecule has 31 heavy (non-hydrogen) atoms. The van der Waals surface area contributed by atoms with E-state index in [1.54, 1.807) is 0 Å². The zero-order valence-corrected chi connectivity index (χ0v) is 21.1. The predicted molar refractivity (Wildman–Crippen MR) is 135 cm³/mol. The quantitative estimate of drug-likeness (QED) is 0.162. The predicted octanol–water partition coefficient (Wildman–Crippen LogP) is 9.01. The maximum absolute atomic E-state index is 12.3. The molecule has 0 saturated heterocycles. The second-order valence-electron chi connectivity index (χ2n) is 9.82. The molecule has 2 heteroatoms. The molecule has 0 aliphatic carbocycles. The molecule has 0 spiro atoms. The van der Waals surface area contributed by atoms with Crippen LogP contribution in [0.1, 0.15) is 135 Å². The van der Waals surface area contributed by atoms with Crippen molar-refractivity contribution in [2.45, 2.75) is 130 Å². The van der Waals surface area contributed by atoms with Crippen LogP contribution in [0.5, 0.6) is 0 Å². The average Bonchev–Trinajstić information content (AvgIpc) is 2.76. The Hall–Kier alpha value is -1.31. The third-order valence-corrected chi connectivity index (χ3v) is 6.22. The molecule has 0 aromatic heterocycles. The number of hydrogen-bond acceptors (Lipinski definition) is 2. The summed E-state index contributed by atoms with van der Waals surface area (Å²) < 4.78 is 5.52. The Bertz CT molecular complexity index is 546. The van der Waals surface area contributed by atoms with E-state index in [9.17, 15) is 4.79 Å². The van der Waals surface area contributed by atoms with Crippen LogP contribution in [0.15, 0.2) is 24.3 Å². The molecule has 0 N–H and O–H groups in total. The van der Waals surface area contributed by atoms with Crippen LogP contribution in [-0.4, -0.2) is 12.6 Å². The van der Waals surface area contributed by atoms with Gasteiger partial charge in [-0.3, -0.25) is 4.79 Å². The zero-order valence-electron chi connectivity index (χ0n) is 21.1. The van der Waals surface area contributed by atoms with Crippen molar-refractivity contribution < 1.29 is 9.53 Å². The van der Waals surface area contributed by atoms with E-state index in [2.05, 4.69) is 45.0 Å². The Morgan fingerprint density at radius 1 is 0.710 bits per heavy atom. The summed E-state index contributed by atoms with van der Waals surface area (Å²) in [5.41, 5.74) is 2.39. The third kappa shape index (κ3) is 14.4. The van der Waals surface area contributed by atoms with Crippen LogP contribution in [-0.2, 0) is 16.0 Å². The first-order valence-corrected chi connectivity index (χ1v) is 13.3. The molecule has 1 unspecified atom stereocenters. The fraction of sp³-hybridized carbons (Fsp3) is 0.759. The molecule has 0 bridgehead atoms. The molecule has 0 aliphatic rings. The lowest BCUT2D eigenvalue weighted by atomic mass is 9.97. The molecule has 0 amide bonds. The van der Waals surface area contributed by atoms with Crippen LogP contribution in [0, 0.1) is 5.92 Å². The van der Waals surface area contributed by atoms with Gasteiger partial charge in [-0.1, -0.05) is 129 Å². The summed E-state index contributed by atoms with van der Waals surface area (Å²) in [6.07, 6.45) is 19.9. The molecular formula is C29H50O2. The number of unbranched alkanes of at least 4 members (excludes halogenated alkanes) is 13. The van der Waals surface area contributed by atoms with Crippen LogP contribution in [0.2, 0.25) is 0 Å². The first kappa shape index (κ1) is 27.7. The van der Waals surface area contributed by atoms with Crippen molar-refractivity contribution in [3.8, 4) is 0 Å². The van der Waals surface area contributed by atoms with Gasteiger partial charge in [0.1, 0.15) is 0 Å². The number of hydrogen-bond donors (Lipinski definition) is 0. The van der Waals surface area contributed by atoms with Crippen molar-refractivity contribution in [3.05, 3.63) is 35.4 Å². The standard InChI is InChI=1S/C29H50O2/c1-5-6-7-8-9-10-11-12-13-14-15-16-17-18-23-31-29(30)26(4)28-21-19-27(20-22-28)24-25(2)3/h19-22,25-26H,5-18,23-24H2,1-4H3. The van der Waals surface area contributed by atoms with Crippen molar-refractivity contribution in [1.82, 2.24) is 0 Å². The summed E-state index contributed by atoms with van der Waals surface area (Å²) in [4.78, 5) is 12.3. The molecule has 0 radical (unpaired) electrons. The maximum atomic E-state index is 12.3. The average molecular weight is 431 g/mol. The fourth-order valence-corrected chi connectivity index (χ4v) is 4.14. The third-order valence-electron chi connectivity index (χ3n) is 6.22. The van der Waals surface area contributed by atoms with Crippen LogP contribution in [0.3, 0.4) is 0 Å². The number of ether oxygens (including phenoxy) is 1. The second kappa shape index (κ2) is 18.3. The number of carbonyl (C=O) groups is 1. The van der Waals surface area contributed by atoms with Gasteiger partial charge in [-0.15, -0.1) is 0 Å². The minimum atomic E-state index is -0.181. The molecule has 1 rings (SSSR count). The van der Waals surface area contributed by atoms with E-state index < -0.39 is 0 Å². The van der Waals surface area contributed by atoms with Gasteiger partial charge in [0.25, 0.3) is 0 Å². The van der Waals surface area contributed by atoms with Gasteiger partial charge in [-0.2, -0.15) is 0 Å². The van der Waals surface area contributed by atoms with Crippen molar-refractivity contribution in [2.24, 2.45) is 5.92 Å². The summed E-state index contributed by atoms with van der Waals surface area (Å²) in [6, 6.07) is 8.45. The van der Waals surface area contributed by atoms with Crippen molar-refractivity contribution in [2.75, 3.05) is 6.61 Å². The monoisotopic (exact) mass is 430 g/mol. The van der Waals surface area contributed by atoms with E-state index in [4.69, 9.17) is 4.74 Å². The van der Waals surface area contributed by atoms with E-state index in [-0.39, 0.29) is 11.9 Å². The smallest absolute Gasteiger partial charge is 0.313 e. The highest BCUT2D eigenvalue weighted by Gasteiger charge is 2.16. The lowest BCUT2D eigenvalue weighted by Crippen LogP contribution is -2.14. The highest BCUT2D eigenvalue weighted by molar-refractivity contribution is 5.77. The highest BCUT2D eigenvalue weighted by Crippen LogP contribution is 2.19. The summed E-state index contributed by atoms with van der Waals surface area (Å²) in [5, 5.41) is 0. The Morgan fingerprint density at radius 2 is 1.16 bits per heavy atom. The second-order valence-corrected chi connectivity index (χ2v) is 9.82. The Morgan fingerprint density at radius 3 is 1.61 bits per heavy atom. The molecule has 0 aliphatic heterocycles. The molecular weight excluding hydrogens is 380 g/mol. The minimum Gasteiger partial charge on any atom is -0.465 e. The lowest BCUT2D eigenvalue weighted by molar-refractivity contribution is -0.145. The van der Waals surface area contributed by atoms with E-state index in [1.165, 1.54) is 89.0 Å². The molecule has 0 saturated carbocycles. The van der Waals surface area contributed by atoms with Crippen molar-refractivity contribution in [3.63, 3.8) is 0 Å². The highest BCUT2D eigenvalue weighted by atomic mass is 16.5. The number of benzene rings is 1. The summed E-state index contributed by atoms with van der Waals surface area (Å²) in [5.74, 6) is 0.379. The molecule has 1 atom stereocenters. The lowest BCUT2D eigenvalue weighted by Gasteiger charge is -2.13. The molecule has 2 nitrogen and oxygen atoms in total. The molecule has 1 aromatic rings. The van der Waals surface area contributed by atoms with Crippen LogP contribution in [0.25, 0.3) is 0 Å². The Balaban J connectivity index is 1.97. The van der Waals surface area contributed by atoms with Gasteiger partial charge in [0.05, 0.1) is 12.5 Å². The van der Waals surface area contributed by atoms with Crippen molar-refractivity contribution in [1.29, 1.82) is 0 Å². The van der Waals surface area contributed by atoms with Gasteiger partial charge < -0.3 is 4.74 Å². The van der Waals surface area contributed by atoms with Crippen LogP contribution in [0.4, 0.5) is 0 Å². The van der Waals surface area contributed by atoms with Gasteiger partial charge in [0, 0.05) is 0 Å². The van der Waals surface area contributed by atoms with Gasteiger partial charge in [-0.05, 0) is 36.8 Å².